The zero-order valence-corrected chi connectivity index (χ0v) is 10.8. The van der Waals surface area contributed by atoms with Crippen molar-refractivity contribution >= 4 is 28.4 Å². The molecule has 1 aliphatic carbocycles. The van der Waals surface area contributed by atoms with E-state index in [1.807, 2.05) is 0 Å². The lowest BCUT2D eigenvalue weighted by atomic mass is 10.1. The van der Waals surface area contributed by atoms with Gasteiger partial charge in [-0.15, -0.1) is 0 Å². The molecule has 2 rings (SSSR count). The van der Waals surface area contributed by atoms with Gasteiger partial charge in [0, 0.05) is 5.03 Å². The van der Waals surface area contributed by atoms with Crippen LogP contribution in [0.5, 0.6) is 0 Å². The number of hydrogen-bond acceptors (Lipinski definition) is 2. The van der Waals surface area contributed by atoms with Crippen molar-refractivity contribution in [2.45, 2.75) is 18.6 Å². The molecule has 0 spiro atoms. The lowest BCUT2D eigenvalue weighted by Crippen LogP contribution is -2.21. The zero-order chi connectivity index (χ0) is 14.2. The van der Waals surface area contributed by atoms with Gasteiger partial charge in [-0.2, -0.15) is 18.3 Å². The van der Waals surface area contributed by atoms with Crippen molar-refractivity contribution in [1.82, 2.24) is 9.78 Å². The van der Waals surface area contributed by atoms with Gasteiger partial charge in [-0.3, -0.25) is 9.48 Å². The lowest BCUT2D eigenvalue weighted by molar-refractivity contribution is -0.144. The van der Waals surface area contributed by atoms with Gasteiger partial charge in [0.05, 0.1) is 17.8 Å². The monoisotopic (exact) mass is 310 g/mol. The number of rotatable bonds is 2. The van der Waals surface area contributed by atoms with Crippen molar-refractivity contribution in [3.05, 3.63) is 40.7 Å². The highest BCUT2D eigenvalue weighted by Crippen LogP contribution is 2.36. The number of allylic oxidation sites excluding steroid dienone is 4. The minimum Gasteiger partial charge on any atom is -0.275 e. The molecule has 0 bridgehead atoms. The van der Waals surface area contributed by atoms with Crippen LogP contribution in [-0.2, 0) is 6.18 Å². The van der Waals surface area contributed by atoms with E-state index in [1.54, 1.807) is 6.08 Å². The van der Waals surface area contributed by atoms with Gasteiger partial charge < -0.3 is 0 Å². The third kappa shape index (κ3) is 2.84. The van der Waals surface area contributed by atoms with E-state index >= 15 is 0 Å². The summed E-state index contributed by atoms with van der Waals surface area (Å²) in [5.74, 6) is 0. The van der Waals surface area contributed by atoms with Crippen molar-refractivity contribution in [2.75, 3.05) is 0 Å². The summed E-state index contributed by atoms with van der Waals surface area (Å²) in [4.78, 5) is 11.0. The average Bonchev–Trinajstić information content (AvgIpc) is 2.74. The Kier molecular flexibility index (Phi) is 3.73. The van der Waals surface area contributed by atoms with E-state index in [0.29, 0.717) is 5.03 Å². The van der Waals surface area contributed by atoms with Crippen LogP contribution >= 0.6 is 23.2 Å². The Morgan fingerprint density at radius 3 is 2.63 bits per heavy atom. The summed E-state index contributed by atoms with van der Waals surface area (Å²) in [5.41, 5.74) is -1.79. The molecule has 0 aliphatic heterocycles. The molecule has 3 nitrogen and oxygen atoms in total. The topological polar surface area (TPSA) is 34.9 Å². The average molecular weight is 311 g/mol. The maximum Gasteiger partial charge on any atom is 0.433 e. The SMILES string of the molecule is O=C(Cl)c1cnn(C2C=CC(Cl)=CC2)c1C(F)(F)F. The first-order valence-electron chi connectivity index (χ1n) is 5.19. The van der Waals surface area contributed by atoms with Gasteiger partial charge in [0.2, 0.25) is 0 Å². The second-order valence-electron chi connectivity index (χ2n) is 3.87. The largest absolute Gasteiger partial charge is 0.433 e. The number of alkyl halides is 3. The molecular formula is C11H7Cl2F3N2O. The maximum atomic E-state index is 13.0. The van der Waals surface area contributed by atoms with Crippen LogP contribution in [0.2, 0.25) is 0 Å². The molecule has 8 heteroatoms. The minimum absolute atomic E-state index is 0.260. The molecule has 19 heavy (non-hydrogen) atoms. The highest BCUT2D eigenvalue weighted by atomic mass is 35.5. The van der Waals surface area contributed by atoms with E-state index < -0.39 is 28.7 Å². The van der Waals surface area contributed by atoms with Gasteiger partial charge in [-0.05, 0) is 24.1 Å². The van der Waals surface area contributed by atoms with E-state index in [0.717, 1.165) is 10.9 Å². The van der Waals surface area contributed by atoms with Crippen molar-refractivity contribution in [3.8, 4) is 0 Å². The smallest absolute Gasteiger partial charge is 0.275 e. The molecule has 0 aromatic carbocycles. The third-order valence-corrected chi connectivity index (χ3v) is 3.11. The standard InChI is InChI=1S/C11H7Cl2F3N2O/c12-6-1-3-7(4-2-6)18-9(11(14,15)16)8(5-17-18)10(13)19/h1-3,5,7H,4H2. The van der Waals surface area contributed by atoms with Gasteiger partial charge in [0.25, 0.3) is 5.24 Å². The molecule has 1 aromatic heterocycles. The summed E-state index contributed by atoms with van der Waals surface area (Å²) < 4.78 is 39.7. The van der Waals surface area contributed by atoms with Crippen molar-refractivity contribution in [3.63, 3.8) is 0 Å². The van der Waals surface area contributed by atoms with Crippen LogP contribution < -0.4 is 0 Å². The summed E-state index contributed by atoms with van der Waals surface area (Å²) in [6, 6.07) is -0.649. The third-order valence-electron chi connectivity index (χ3n) is 2.62. The maximum absolute atomic E-state index is 13.0. The predicted molar refractivity (Wildman–Crippen MR) is 64.1 cm³/mol. The van der Waals surface area contributed by atoms with Gasteiger partial charge in [-0.1, -0.05) is 23.8 Å². The van der Waals surface area contributed by atoms with Crippen LogP contribution in [0, 0.1) is 0 Å². The molecule has 0 fully saturated rings. The molecular weight excluding hydrogens is 304 g/mol. The Balaban J connectivity index is 2.48. The number of carbonyl (C=O) groups excluding carboxylic acids is 1. The summed E-state index contributed by atoms with van der Waals surface area (Å²) in [6.07, 6.45) is 0.931. The van der Waals surface area contributed by atoms with Crippen molar-refractivity contribution in [1.29, 1.82) is 0 Å². The summed E-state index contributed by atoms with van der Waals surface area (Å²) in [7, 11) is 0. The summed E-state index contributed by atoms with van der Waals surface area (Å²) in [5, 5.41) is 2.88. The number of hydrogen-bond donors (Lipinski definition) is 0. The predicted octanol–water partition coefficient (Wildman–Crippen LogP) is 3.90. The fraction of sp³-hybridized carbons (Fsp3) is 0.273. The molecule has 102 valence electrons. The molecule has 1 aliphatic rings. The molecule has 0 saturated carbocycles. The number of aromatic nitrogens is 2. The summed E-state index contributed by atoms with van der Waals surface area (Å²) in [6.45, 7) is 0. The van der Waals surface area contributed by atoms with E-state index in [9.17, 15) is 18.0 Å². The molecule has 0 amide bonds. The van der Waals surface area contributed by atoms with Crippen molar-refractivity contribution < 1.29 is 18.0 Å². The molecule has 1 atom stereocenters. The quantitative estimate of drug-likeness (QED) is 0.776. The van der Waals surface area contributed by atoms with Gasteiger partial charge in [0.1, 0.15) is 0 Å². The van der Waals surface area contributed by atoms with Crippen LogP contribution in [0.15, 0.2) is 29.5 Å². The number of nitrogens with zero attached hydrogens (tertiary/aromatic N) is 2. The Bertz CT molecular complexity index is 575. The second kappa shape index (κ2) is 5.02. The zero-order valence-electron chi connectivity index (χ0n) is 9.29. The molecule has 0 saturated heterocycles. The van der Waals surface area contributed by atoms with Crippen LogP contribution in [0.4, 0.5) is 13.2 Å². The van der Waals surface area contributed by atoms with E-state index in [2.05, 4.69) is 5.10 Å². The first-order chi connectivity index (χ1) is 8.80. The Hall–Kier alpha value is -1.27. The number of halogens is 5. The van der Waals surface area contributed by atoms with Gasteiger partial charge in [-0.25, -0.2) is 0 Å². The summed E-state index contributed by atoms with van der Waals surface area (Å²) >= 11 is 10.8. The Morgan fingerprint density at radius 2 is 2.16 bits per heavy atom. The molecule has 1 aromatic rings. The molecule has 0 N–H and O–H groups in total. The fourth-order valence-corrected chi connectivity index (χ4v) is 2.10. The minimum atomic E-state index is -4.71. The first kappa shape index (κ1) is 14.1. The second-order valence-corrected chi connectivity index (χ2v) is 4.65. The number of carbonyl (C=O) groups is 1. The normalized spacial score (nSPS) is 19.4. The van der Waals surface area contributed by atoms with E-state index in [-0.39, 0.29) is 6.42 Å². The fourth-order valence-electron chi connectivity index (χ4n) is 1.80. The highest BCUT2D eigenvalue weighted by molar-refractivity contribution is 6.67. The first-order valence-corrected chi connectivity index (χ1v) is 5.94. The molecule has 0 radical (unpaired) electrons. The Morgan fingerprint density at radius 1 is 1.47 bits per heavy atom. The van der Waals surface area contributed by atoms with Crippen LogP contribution in [0.25, 0.3) is 0 Å². The highest BCUT2D eigenvalue weighted by Gasteiger charge is 2.41. The van der Waals surface area contributed by atoms with E-state index in [1.165, 1.54) is 12.2 Å². The van der Waals surface area contributed by atoms with Gasteiger partial charge >= 0.3 is 6.18 Å². The molecule has 1 unspecified atom stereocenters. The van der Waals surface area contributed by atoms with E-state index in [4.69, 9.17) is 23.2 Å². The molecule has 1 heterocycles. The van der Waals surface area contributed by atoms with Crippen LogP contribution in [-0.4, -0.2) is 15.0 Å². The van der Waals surface area contributed by atoms with Gasteiger partial charge in [0.15, 0.2) is 5.69 Å². The lowest BCUT2D eigenvalue weighted by Gasteiger charge is -2.19. The van der Waals surface area contributed by atoms with Crippen LogP contribution in [0.1, 0.15) is 28.5 Å². The van der Waals surface area contributed by atoms with Crippen LogP contribution in [0.3, 0.4) is 0 Å². The Labute approximate surface area is 116 Å². The van der Waals surface area contributed by atoms with Crippen molar-refractivity contribution in [2.24, 2.45) is 0 Å².